The zero-order valence-electron chi connectivity index (χ0n) is 17.6. The highest BCUT2D eigenvalue weighted by molar-refractivity contribution is 14.0. The maximum atomic E-state index is 13.2. The first-order chi connectivity index (χ1) is 14.4. The third kappa shape index (κ3) is 6.79. The van der Waals surface area contributed by atoms with Crippen molar-refractivity contribution in [1.29, 1.82) is 0 Å². The van der Waals surface area contributed by atoms with Crippen LogP contribution in [-0.2, 0) is 29.3 Å². The zero-order valence-corrected chi connectivity index (χ0v) is 20.7. The number of benzene rings is 1. The molecular formula is C21H28F3IN4OS. The van der Waals surface area contributed by atoms with Crippen LogP contribution in [0.25, 0.3) is 0 Å². The van der Waals surface area contributed by atoms with Gasteiger partial charge in [0.05, 0.1) is 12.1 Å². The van der Waals surface area contributed by atoms with E-state index in [4.69, 9.17) is 4.74 Å². The summed E-state index contributed by atoms with van der Waals surface area (Å²) < 4.78 is 45.2. The van der Waals surface area contributed by atoms with Gasteiger partial charge in [0, 0.05) is 43.3 Å². The van der Waals surface area contributed by atoms with E-state index in [2.05, 4.69) is 27.5 Å². The van der Waals surface area contributed by atoms with Crippen LogP contribution in [0.1, 0.15) is 40.8 Å². The SMILES string of the molecule is CCc1cnc(CNC(=NC)NCC2(c3cccc(C(F)(F)F)c3)CCOCC2)s1.I. The molecule has 1 saturated heterocycles. The zero-order chi connectivity index (χ0) is 21.6. The fourth-order valence-corrected chi connectivity index (χ4v) is 4.38. The lowest BCUT2D eigenvalue weighted by Gasteiger charge is -2.38. The Kier molecular flexibility index (Phi) is 9.56. The van der Waals surface area contributed by atoms with Gasteiger partial charge in [-0.2, -0.15) is 13.2 Å². The molecule has 2 N–H and O–H groups in total. The molecule has 2 heterocycles. The highest BCUT2D eigenvalue weighted by Gasteiger charge is 2.37. The number of aromatic nitrogens is 1. The van der Waals surface area contributed by atoms with E-state index < -0.39 is 17.2 Å². The first kappa shape index (κ1) is 25.9. The van der Waals surface area contributed by atoms with Crippen molar-refractivity contribution in [3.8, 4) is 0 Å². The summed E-state index contributed by atoms with van der Waals surface area (Å²) in [4.78, 5) is 9.87. The fourth-order valence-electron chi connectivity index (χ4n) is 3.58. The molecule has 10 heteroatoms. The lowest BCUT2D eigenvalue weighted by atomic mass is 9.73. The number of nitrogens with one attached hydrogen (secondary N) is 2. The van der Waals surface area contributed by atoms with Crippen LogP contribution in [0.3, 0.4) is 0 Å². The number of guanidine groups is 1. The number of ether oxygens (including phenoxy) is 1. The molecule has 2 aromatic rings. The molecule has 0 radical (unpaired) electrons. The molecule has 1 aliphatic rings. The Morgan fingerprint density at radius 3 is 2.61 bits per heavy atom. The predicted molar refractivity (Wildman–Crippen MR) is 128 cm³/mol. The number of rotatable bonds is 6. The van der Waals surface area contributed by atoms with Gasteiger partial charge in [-0.15, -0.1) is 35.3 Å². The van der Waals surface area contributed by atoms with Gasteiger partial charge in [-0.3, -0.25) is 4.99 Å². The van der Waals surface area contributed by atoms with Crippen LogP contribution in [0.2, 0.25) is 0 Å². The minimum atomic E-state index is -4.36. The van der Waals surface area contributed by atoms with Crippen LogP contribution < -0.4 is 10.6 Å². The van der Waals surface area contributed by atoms with Gasteiger partial charge in [-0.1, -0.05) is 25.1 Å². The molecular weight excluding hydrogens is 540 g/mol. The first-order valence-electron chi connectivity index (χ1n) is 10.00. The van der Waals surface area contributed by atoms with E-state index >= 15 is 0 Å². The van der Waals surface area contributed by atoms with Crippen molar-refractivity contribution >= 4 is 41.3 Å². The van der Waals surface area contributed by atoms with E-state index in [1.165, 1.54) is 17.0 Å². The van der Waals surface area contributed by atoms with Crippen molar-refractivity contribution in [3.05, 3.63) is 51.5 Å². The average molecular weight is 568 g/mol. The molecule has 0 aliphatic carbocycles. The summed E-state index contributed by atoms with van der Waals surface area (Å²) in [5.74, 6) is 0.598. The summed E-state index contributed by atoms with van der Waals surface area (Å²) in [6.07, 6.45) is -0.248. The van der Waals surface area contributed by atoms with Crippen molar-refractivity contribution in [2.75, 3.05) is 26.8 Å². The second-order valence-corrected chi connectivity index (χ2v) is 8.52. The maximum absolute atomic E-state index is 13.2. The number of hydrogen-bond acceptors (Lipinski definition) is 4. The molecule has 1 aromatic carbocycles. The van der Waals surface area contributed by atoms with Crippen LogP contribution in [0.5, 0.6) is 0 Å². The summed E-state index contributed by atoms with van der Waals surface area (Å²) in [6.45, 7) is 4.14. The largest absolute Gasteiger partial charge is 0.416 e. The second kappa shape index (κ2) is 11.5. The monoisotopic (exact) mass is 568 g/mol. The van der Waals surface area contributed by atoms with Crippen LogP contribution >= 0.6 is 35.3 Å². The summed E-state index contributed by atoms with van der Waals surface area (Å²) in [5, 5.41) is 7.52. The summed E-state index contributed by atoms with van der Waals surface area (Å²) >= 11 is 1.65. The molecule has 0 atom stereocenters. The Bertz CT molecular complexity index is 866. The molecule has 0 bridgehead atoms. The van der Waals surface area contributed by atoms with E-state index in [0.717, 1.165) is 17.5 Å². The summed E-state index contributed by atoms with van der Waals surface area (Å²) in [7, 11) is 1.68. The quantitative estimate of drug-likeness (QED) is 0.300. The van der Waals surface area contributed by atoms with Gasteiger partial charge in [0.1, 0.15) is 5.01 Å². The number of aliphatic imine (C=N–C) groups is 1. The van der Waals surface area contributed by atoms with Crippen molar-refractivity contribution in [3.63, 3.8) is 0 Å². The van der Waals surface area contributed by atoms with Gasteiger partial charge in [0.2, 0.25) is 0 Å². The van der Waals surface area contributed by atoms with E-state index in [1.54, 1.807) is 24.5 Å². The van der Waals surface area contributed by atoms with Gasteiger partial charge in [-0.25, -0.2) is 4.98 Å². The third-order valence-corrected chi connectivity index (χ3v) is 6.57. The lowest BCUT2D eigenvalue weighted by molar-refractivity contribution is -0.137. The van der Waals surface area contributed by atoms with Crippen LogP contribution in [0.4, 0.5) is 13.2 Å². The predicted octanol–water partition coefficient (Wildman–Crippen LogP) is 4.76. The first-order valence-corrected chi connectivity index (χ1v) is 10.8. The highest BCUT2D eigenvalue weighted by Crippen LogP contribution is 2.37. The minimum absolute atomic E-state index is 0. The smallest absolute Gasteiger partial charge is 0.381 e. The Morgan fingerprint density at radius 2 is 2.00 bits per heavy atom. The standard InChI is InChI=1S/C21H27F3N4OS.HI/c1-3-17-12-26-18(30-17)13-27-19(25-2)28-14-20(7-9-29-10-8-20)15-5-4-6-16(11-15)21(22,23)24;/h4-6,11-12H,3,7-10,13-14H2,1-2H3,(H2,25,27,28);1H. The van der Waals surface area contributed by atoms with E-state index in [-0.39, 0.29) is 24.0 Å². The number of thiazole rings is 1. The Labute approximate surface area is 201 Å². The number of hydrogen-bond donors (Lipinski definition) is 2. The molecule has 31 heavy (non-hydrogen) atoms. The van der Waals surface area contributed by atoms with Crippen molar-refractivity contribution in [1.82, 2.24) is 15.6 Å². The molecule has 1 aliphatic heterocycles. The normalized spacial score (nSPS) is 16.5. The van der Waals surface area contributed by atoms with E-state index in [1.807, 2.05) is 6.20 Å². The topological polar surface area (TPSA) is 58.5 Å². The Hall–Kier alpha value is -1.40. The molecule has 5 nitrogen and oxygen atoms in total. The molecule has 0 amide bonds. The molecule has 0 spiro atoms. The summed E-state index contributed by atoms with van der Waals surface area (Å²) in [6, 6.07) is 5.64. The number of nitrogens with zero attached hydrogens (tertiary/aromatic N) is 2. The minimum Gasteiger partial charge on any atom is -0.381 e. The van der Waals surface area contributed by atoms with Crippen molar-refractivity contribution in [2.45, 2.75) is 44.3 Å². The van der Waals surface area contributed by atoms with E-state index in [0.29, 0.717) is 50.7 Å². The molecule has 0 saturated carbocycles. The van der Waals surface area contributed by atoms with Gasteiger partial charge in [0.25, 0.3) is 0 Å². The second-order valence-electron chi connectivity index (χ2n) is 7.32. The lowest BCUT2D eigenvalue weighted by Crippen LogP contribution is -2.48. The van der Waals surface area contributed by atoms with Gasteiger partial charge in [0.15, 0.2) is 5.96 Å². The van der Waals surface area contributed by atoms with Gasteiger partial charge in [-0.05, 0) is 30.9 Å². The highest BCUT2D eigenvalue weighted by atomic mass is 127. The molecule has 3 rings (SSSR count). The van der Waals surface area contributed by atoms with Crippen molar-refractivity contribution in [2.24, 2.45) is 4.99 Å². The molecule has 0 unspecified atom stereocenters. The Morgan fingerprint density at radius 1 is 1.26 bits per heavy atom. The number of halogens is 4. The van der Waals surface area contributed by atoms with Crippen LogP contribution in [0, 0.1) is 0 Å². The number of aryl methyl sites for hydroxylation is 1. The maximum Gasteiger partial charge on any atom is 0.416 e. The Balaban J connectivity index is 0.00000341. The molecule has 1 aromatic heterocycles. The van der Waals surface area contributed by atoms with Gasteiger partial charge < -0.3 is 15.4 Å². The number of alkyl halides is 3. The van der Waals surface area contributed by atoms with Crippen LogP contribution in [0.15, 0.2) is 35.5 Å². The van der Waals surface area contributed by atoms with E-state index in [9.17, 15) is 13.2 Å². The average Bonchev–Trinajstić information content (AvgIpc) is 3.22. The fraction of sp³-hybridized carbons (Fsp3) is 0.524. The van der Waals surface area contributed by atoms with Crippen LogP contribution in [-0.4, -0.2) is 37.7 Å². The van der Waals surface area contributed by atoms with Crippen molar-refractivity contribution < 1.29 is 17.9 Å². The summed E-state index contributed by atoms with van der Waals surface area (Å²) in [5.41, 5.74) is -0.395. The molecule has 1 fully saturated rings. The molecule has 172 valence electrons. The van der Waals surface area contributed by atoms with Gasteiger partial charge >= 0.3 is 6.18 Å². The third-order valence-electron chi connectivity index (χ3n) is 5.43.